The summed E-state index contributed by atoms with van der Waals surface area (Å²) in [6, 6.07) is 13.2. The smallest absolute Gasteiger partial charge is 0.467 e. The third-order valence-electron chi connectivity index (χ3n) is 7.43. The van der Waals surface area contributed by atoms with Gasteiger partial charge < -0.3 is 33.4 Å². The first-order valence-electron chi connectivity index (χ1n) is 14.0. The van der Waals surface area contributed by atoms with Crippen LogP contribution in [0.4, 0.5) is 26.3 Å². The highest BCUT2D eigenvalue weighted by Gasteiger charge is 2.58. The van der Waals surface area contributed by atoms with Crippen molar-refractivity contribution in [1.82, 2.24) is 5.32 Å². The average molecular weight is 644 g/mol. The minimum atomic E-state index is -4.88. The van der Waals surface area contributed by atoms with Crippen molar-refractivity contribution in [3.63, 3.8) is 0 Å². The number of furan rings is 1. The van der Waals surface area contributed by atoms with Gasteiger partial charge in [0.15, 0.2) is 11.4 Å². The van der Waals surface area contributed by atoms with E-state index < -0.39 is 59.5 Å². The summed E-state index contributed by atoms with van der Waals surface area (Å²) >= 11 is 0. The van der Waals surface area contributed by atoms with Crippen molar-refractivity contribution in [3.8, 4) is 5.75 Å². The maximum absolute atomic E-state index is 13.9. The van der Waals surface area contributed by atoms with Crippen LogP contribution < -0.4 is 10.1 Å². The lowest BCUT2D eigenvalue weighted by Gasteiger charge is -2.43. The highest BCUT2D eigenvalue weighted by Crippen LogP contribution is 2.44. The van der Waals surface area contributed by atoms with Gasteiger partial charge in [0.1, 0.15) is 17.6 Å². The van der Waals surface area contributed by atoms with E-state index >= 15 is 0 Å². The van der Waals surface area contributed by atoms with Crippen molar-refractivity contribution in [2.45, 2.75) is 88.7 Å². The van der Waals surface area contributed by atoms with Crippen molar-refractivity contribution < 1.29 is 59.2 Å². The molecule has 1 aliphatic carbocycles. The number of ether oxygens (including phenoxy) is 5. The molecule has 2 aromatic carbocycles. The summed E-state index contributed by atoms with van der Waals surface area (Å²) in [5.74, 6) is -1.62. The minimum Gasteiger partial charge on any atom is -0.467 e. The zero-order valence-electron chi connectivity index (χ0n) is 24.2. The van der Waals surface area contributed by atoms with E-state index in [1.165, 1.54) is 30.5 Å². The van der Waals surface area contributed by atoms with Crippen molar-refractivity contribution in [3.05, 3.63) is 89.4 Å². The highest BCUT2D eigenvalue weighted by atomic mass is 19.4. The topological polar surface area (TPSA) is 88.4 Å². The number of hydrogen-bond donors (Lipinski definition) is 1. The molecule has 2 heterocycles. The molecule has 1 amide bonds. The maximum Gasteiger partial charge on any atom is 0.573 e. The lowest BCUT2D eigenvalue weighted by atomic mass is 9.78. The molecule has 1 saturated carbocycles. The van der Waals surface area contributed by atoms with Crippen LogP contribution in [0.25, 0.3) is 0 Å². The largest absolute Gasteiger partial charge is 0.573 e. The van der Waals surface area contributed by atoms with Crippen LogP contribution in [-0.2, 0) is 49.7 Å². The molecule has 3 aromatic rings. The minimum absolute atomic E-state index is 0.00890. The SMILES string of the molecule is CC1(C)O[C@@H]2C[C@@](OCc3cccc(C(F)(F)F)c3)(C(=O)NCc3ccco3)CC(OCc3cccc(OC(F)(F)F)c3)[C@@H]2O1. The van der Waals surface area contributed by atoms with E-state index in [1.807, 2.05) is 0 Å². The molecule has 8 nitrogen and oxygen atoms in total. The number of fused-ring (bicyclic) bond motifs is 1. The van der Waals surface area contributed by atoms with Crippen molar-refractivity contribution in [1.29, 1.82) is 0 Å². The molecule has 5 rings (SSSR count). The van der Waals surface area contributed by atoms with Crippen LogP contribution in [-0.4, -0.2) is 42.0 Å². The number of hydrogen-bond acceptors (Lipinski definition) is 7. The summed E-state index contributed by atoms with van der Waals surface area (Å²) in [7, 11) is 0. The van der Waals surface area contributed by atoms with Gasteiger partial charge in [0.05, 0.1) is 43.8 Å². The number of halogens is 6. The standard InChI is InChI=1S/C31H31F6NO7/c1-28(2)44-25-15-29(27(39)38-16-23-10-5-11-40-23,42-18-19-6-3-8-21(12-19)30(32,33)34)14-24(26(25)45-28)41-17-20-7-4-9-22(13-20)43-31(35,36)37/h3-13,24-26H,14-18H2,1-2H3,(H,38,39)/t24?,25-,26+,29-/m1/s1. The van der Waals surface area contributed by atoms with Gasteiger partial charge in [0, 0.05) is 12.8 Å². The Labute approximate surface area is 254 Å². The Bertz CT molecular complexity index is 1460. The zero-order valence-corrected chi connectivity index (χ0v) is 24.2. The Morgan fingerprint density at radius 3 is 2.36 bits per heavy atom. The average Bonchev–Trinajstić information content (AvgIpc) is 3.59. The summed E-state index contributed by atoms with van der Waals surface area (Å²) in [5, 5.41) is 2.78. The molecule has 0 spiro atoms. The molecule has 1 aromatic heterocycles. The molecule has 2 aliphatic rings. The molecule has 1 aliphatic heterocycles. The molecule has 1 saturated heterocycles. The van der Waals surface area contributed by atoms with Gasteiger partial charge in [-0.15, -0.1) is 13.2 Å². The Hall–Kier alpha value is -3.59. The second kappa shape index (κ2) is 12.7. The third-order valence-corrected chi connectivity index (χ3v) is 7.43. The van der Waals surface area contributed by atoms with Gasteiger partial charge in [0.2, 0.25) is 0 Å². The molecule has 45 heavy (non-hydrogen) atoms. The number of rotatable bonds is 10. The van der Waals surface area contributed by atoms with Crippen molar-refractivity contribution >= 4 is 5.91 Å². The lowest BCUT2D eigenvalue weighted by molar-refractivity contribution is -0.274. The first kappa shape index (κ1) is 32.8. The second-order valence-corrected chi connectivity index (χ2v) is 11.3. The van der Waals surface area contributed by atoms with Crippen LogP contribution in [0.5, 0.6) is 5.75 Å². The van der Waals surface area contributed by atoms with Crippen LogP contribution in [0.2, 0.25) is 0 Å². The monoisotopic (exact) mass is 643 g/mol. The Morgan fingerprint density at radius 1 is 0.933 bits per heavy atom. The van der Waals surface area contributed by atoms with E-state index in [0.29, 0.717) is 11.3 Å². The van der Waals surface area contributed by atoms with Crippen LogP contribution in [0, 0.1) is 0 Å². The van der Waals surface area contributed by atoms with Gasteiger partial charge in [-0.1, -0.05) is 24.3 Å². The van der Waals surface area contributed by atoms with E-state index in [2.05, 4.69) is 10.1 Å². The quantitative estimate of drug-likeness (QED) is 0.247. The molecular weight excluding hydrogens is 612 g/mol. The van der Waals surface area contributed by atoms with Crippen LogP contribution in [0.15, 0.2) is 71.3 Å². The summed E-state index contributed by atoms with van der Waals surface area (Å²) in [6.45, 7) is 2.85. The number of carbonyl (C=O) groups is 1. The fourth-order valence-corrected chi connectivity index (χ4v) is 5.54. The number of carbonyl (C=O) groups excluding carboxylic acids is 1. The van der Waals surface area contributed by atoms with E-state index in [4.69, 9.17) is 23.4 Å². The third kappa shape index (κ3) is 8.37. The van der Waals surface area contributed by atoms with E-state index in [0.717, 1.165) is 18.2 Å². The van der Waals surface area contributed by atoms with Crippen molar-refractivity contribution in [2.24, 2.45) is 0 Å². The Morgan fingerprint density at radius 2 is 1.67 bits per heavy atom. The van der Waals surface area contributed by atoms with E-state index in [-0.39, 0.29) is 38.2 Å². The first-order chi connectivity index (χ1) is 21.1. The highest BCUT2D eigenvalue weighted by molar-refractivity contribution is 5.85. The van der Waals surface area contributed by atoms with Gasteiger partial charge in [0.25, 0.3) is 5.91 Å². The number of benzene rings is 2. The van der Waals surface area contributed by atoms with Crippen LogP contribution >= 0.6 is 0 Å². The molecule has 244 valence electrons. The molecule has 2 fully saturated rings. The first-order valence-corrected chi connectivity index (χ1v) is 14.0. The van der Waals surface area contributed by atoms with Crippen LogP contribution in [0.1, 0.15) is 49.1 Å². The molecular formula is C31H31F6NO7. The Balaban J connectivity index is 1.41. The normalized spacial score (nSPS) is 24.7. The number of alkyl halides is 6. The fourth-order valence-electron chi connectivity index (χ4n) is 5.54. The summed E-state index contributed by atoms with van der Waals surface area (Å²) in [5.41, 5.74) is -1.98. The van der Waals surface area contributed by atoms with Crippen LogP contribution in [0.3, 0.4) is 0 Å². The zero-order chi connectivity index (χ0) is 32.5. The molecule has 0 bridgehead atoms. The van der Waals surface area contributed by atoms with E-state index in [9.17, 15) is 31.1 Å². The summed E-state index contributed by atoms with van der Waals surface area (Å²) < 4.78 is 112. The maximum atomic E-state index is 13.9. The van der Waals surface area contributed by atoms with E-state index in [1.54, 1.807) is 32.0 Å². The van der Waals surface area contributed by atoms with Gasteiger partial charge >= 0.3 is 12.5 Å². The van der Waals surface area contributed by atoms with Gasteiger partial charge in [-0.05, 0) is 61.4 Å². The molecule has 0 radical (unpaired) electrons. The molecule has 4 atom stereocenters. The summed E-state index contributed by atoms with van der Waals surface area (Å²) in [4.78, 5) is 13.9. The molecule has 14 heteroatoms. The van der Waals surface area contributed by atoms with Gasteiger partial charge in [-0.3, -0.25) is 4.79 Å². The predicted molar refractivity (Wildman–Crippen MR) is 144 cm³/mol. The predicted octanol–water partition coefficient (Wildman–Crippen LogP) is 6.67. The van der Waals surface area contributed by atoms with Gasteiger partial charge in [-0.2, -0.15) is 13.2 Å². The molecule has 1 N–H and O–H groups in total. The Kier molecular flexibility index (Phi) is 9.23. The van der Waals surface area contributed by atoms with Crippen molar-refractivity contribution in [2.75, 3.05) is 0 Å². The fraction of sp³-hybridized carbons (Fsp3) is 0.452. The number of nitrogens with one attached hydrogen (secondary N) is 1. The second-order valence-electron chi connectivity index (χ2n) is 11.3. The van der Waals surface area contributed by atoms with Gasteiger partial charge in [-0.25, -0.2) is 0 Å². The number of amides is 1. The summed E-state index contributed by atoms with van der Waals surface area (Å²) in [6.07, 6.45) is -10.4. The lowest BCUT2D eigenvalue weighted by Crippen LogP contribution is -2.59. The molecule has 1 unspecified atom stereocenters.